The average molecular weight is 357 g/mol. The Morgan fingerprint density at radius 1 is 0.815 bits per heavy atom. The van der Waals surface area contributed by atoms with Crippen molar-refractivity contribution >= 4 is 17.4 Å². The van der Waals surface area contributed by atoms with Crippen LogP contribution in [0.5, 0.6) is 0 Å². The number of ketones is 1. The van der Waals surface area contributed by atoms with Crippen LogP contribution in [0.15, 0.2) is 72.8 Å². The first-order chi connectivity index (χ1) is 13.0. The molecule has 0 aromatic heterocycles. The summed E-state index contributed by atoms with van der Waals surface area (Å²) in [5.41, 5.74) is 5.05. The Labute approximate surface area is 160 Å². The summed E-state index contributed by atoms with van der Waals surface area (Å²) in [5, 5.41) is 2.99. The lowest BCUT2D eigenvalue weighted by molar-refractivity contribution is -0.117. The van der Waals surface area contributed by atoms with Crippen LogP contribution in [0.4, 0.5) is 5.69 Å². The van der Waals surface area contributed by atoms with Crippen LogP contribution in [-0.2, 0) is 4.79 Å². The molecule has 0 radical (unpaired) electrons. The Morgan fingerprint density at radius 3 is 2.22 bits per heavy atom. The molecule has 3 aromatic carbocycles. The third-order valence-electron chi connectivity index (χ3n) is 4.72. The fourth-order valence-electron chi connectivity index (χ4n) is 3.05. The van der Waals surface area contributed by atoms with E-state index in [4.69, 9.17) is 0 Å². The van der Waals surface area contributed by atoms with Gasteiger partial charge in [0.15, 0.2) is 5.78 Å². The van der Waals surface area contributed by atoms with E-state index in [1.54, 1.807) is 18.2 Å². The molecule has 3 nitrogen and oxygen atoms in total. The largest absolute Gasteiger partial charge is 0.325 e. The van der Waals surface area contributed by atoms with Gasteiger partial charge in [-0.05, 0) is 44.0 Å². The minimum atomic E-state index is -0.366. The second kappa shape index (κ2) is 8.00. The first kappa shape index (κ1) is 18.6. The van der Waals surface area contributed by atoms with Crippen molar-refractivity contribution in [2.45, 2.75) is 26.7 Å². The summed E-state index contributed by atoms with van der Waals surface area (Å²) in [6.45, 7) is 5.86. The maximum absolute atomic E-state index is 12.7. The molecule has 3 heteroatoms. The van der Waals surface area contributed by atoms with Gasteiger partial charge in [-0.25, -0.2) is 0 Å². The molecular weight excluding hydrogens is 334 g/mol. The second-order valence-corrected chi connectivity index (χ2v) is 6.85. The van der Waals surface area contributed by atoms with Crippen molar-refractivity contribution in [3.8, 4) is 0 Å². The second-order valence-electron chi connectivity index (χ2n) is 6.85. The van der Waals surface area contributed by atoms with Gasteiger partial charge in [0, 0.05) is 16.8 Å². The van der Waals surface area contributed by atoms with Crippen LogP contribution < -0.4 is 5.32 Å². The molecule has 0 saturated carbocycles. The summed E-state index contributed by atoms with van der Waals surface area (Å²) in [4.78, 5) is 25.4. The summed E-state index contributed by atoms with van der Waals surface area (Å²) in [7, 11) is 0. The van der Waals surface area contributed by atoms with Crippen LogP contribution in [-0.4, -0.2) is 11.7 Å². The highest BCUT2D eigenvalue weighted by Crippen LogP contribution is 2.22. The van der Waals surface area contributed by atoms with Gasteiger partial charge in [-0.3, -0.25) is 9.59 Å². The maximum Gasteiger partial charge on any atom is 0.231 e. The first-order valence-electron chi connectivity index (χ1n) is 9.03. The SMILES string of the molecule is Cc1ccc(NC(=O)[C@@H](C)c2cccc(C(=O)c3ccccc3)c2)c(C)c1. The first-order valence-corrected chi connectivity index (χ1v) is 9.03. The molecule has 1 amide bonds. The molecule has 1 atom stereocenters. The summed E-state index contributed by atoms with van der Waals surface area (Å²) < 4.78 is 0. The number of anilines is 1. The van der Waals surface area contributed by atoms with E-state index >= 15 is 0 Å². The monoisotopic (exact) mass is 357 g/mol. The van der Waals surface area contributed by atoms with E-state index in [-0.39, 0.29) is 17.6 Å². The topological polar surface area (TPSA) is 46.2 Å². The number of hydrogen-bond donors (Lipinski definition) is 1. The van der Waals surface area contributed by atoms with E-state index in [1.165, 1.54) is 0 Å². The van der Waals surface area contributed by atoms with E-state index < -0.39 is 0 Å². The van der Waals surface area contributed by atoms with Gasteiger partial charge in [-0.2, -0.15) is 0 Å². The zero-order valence-corrected chi connectivity index (χ0v) is 15.8. The van der Waals surface area contributed by atoms with Gasteiger partial charge in [0.1, 0.15) is 0 Å². The summed E-state index contributed by atoms with van der Waals surface area (Å²) in [6, 6.07) is 22.4. The van der Waals surface area contributed by atoms with Crippen LogP contribution in [0.2, 0.25) is 0 Å². The molecule has 0 heterocycles. The van der Waals surface area contributed by atoms with Crippen molar-refractivity contribution in [2.24, 2.45) is 0 Å². The minimum absolute atomic E-state index is 0.0422. The quantitative estimate of drug-likeness (QED) is 0.632. The van der Waals surface area contributed by atoms with Crippen LogP contribution in [0.25, 0.3) is 0 Å². The van der Waals surface area contributed by atoms with E-state index in [9.17, 15) is 9.59 Å². The smallest absolute Gasteiger partial charge is 0.231 e. The lowest BCUT2D eigenvalue weighted by Crippen LogP contribution is -2.19. The van der Waals surface area contributed by atoms with Crippen molar-refractivity contribution in [3.05, 3.63) is 101 Å². The normalized spacial score (nSPS) is 11.7. The van der Waals surface area contributed by atoms with E-state index in [0.29, 0.717) is 11.1 Å². The highest BCUT2D eigenvalue weighted by atomic mass is 16.2. The number of carbonyl (C=O) groups excluding carboxylic acids is 2. The Hall–Kier alpha value is -3.20. The predicted octanol–water partition coefficient (Wildman–Crippen LogP) is 5.28. The van der Waals surface area contributed by atoms with Crippen LogP contribution in [0, 0.1) is 13.8 Å². The number of benzene rings is 3. The van der Waals surface area contributed by atoms with Gasteiger partial charge in [-0.1, -0.05) is 66.2 Å². The van der Waals surface area contributed by atoms with E-state index in [2.05, 4.69) is 5.32 Å². The standard InChI is InChI=1S/C24H23NO2/c1-16-12-13-22(17(2)14-16)25-24(27)18(3)20-10-7-11-21(15-20)23(26)19-8-5-4-6-9-19/h4-15,18H,1-3H3,(H,25,27)/t18-/m0/s1. The van der Waals surface area contributed by atoms with Gasteiger partial charge in [0.05, 0.1) is 5.92 Å². The van der Waals surface area contributed by atoms with Crippen molar-refractivity contribution in [3.63, 3.8) is 0 Å². The molecule has 136 valence electrons. The molecule has 0 aliphatic rings. The molecule has 0 spiro atoms. The average Bonchev–Trinajstić information content (AvgIpc) is 2.69. The highest BCUT2D eigenvalue weighted by Gasteiger charge is 2.18. The molecular formula is C24H23NO2. The molecule has 0 fully saturated rings. The number of carbonyl (C=O) groups is 2. The zero-order valence-electron chi connectivity index (χ0n) is 15.8. The highest BCUT2D eigenvalue weighted by molar-refractivity contribution is 6.09. The van der Waals surface area contributed by atoms with Crippen LogP contribution in [0.3, 0.4) is 0 Å². The predicted molar refractivity (Wildman–Crippen MR) is 109 cm³/mol. The Balaban J connectivity index is 1.79. The summed E-state index contributed by atoms with van der Waals surface area (Å²) in [6.07, 6.45) is 0. The molecule has 0 aliphatic heterocycles. The maximum atomic E-state index is 12.7. The number of aryl methyl sites for hydroxylation is 2. The minimum Gasteiger partial charge on any atom is -0.325 e. The van der Waals surface area contributed by atoms with Crippen molar-refractivity contribution in [2.75, 3.05) is 5.32 Å². The lowest BCUT2D eigenvalue weighted by Gasteiger charge is -2.15. The Kier molecular flexibility index (Phi) is 5.51. The molecule has 0 unspecified atom stereocenters. The molecule has 0 aliphatic carbocycles. The van der Waals surface area contributed by atoms with Gasteiger partial charge >= 0.3 is 0 Å². The molecule has 3 aromatic rings. The van der Waals surface area contributed by atoms with Crippen molar-refractivity contribution in [1.82, 2.24) is 0 Å². The fraction of sp³-hybridized carbons (Fsp3) is 0.167. The number of amides is 1. The molecule has 0 bridgehead atoms. The molecule has 3 rings (SSSR count). The van der Waals surface area contributed by atoms with Gasteiger partial charge < -0.3 is 5.32 Å². The van der Waals surface area contributed by atoms with Crippen molar-refractivity contribution in [1.29, 1.82) is 0 Å². The Morgan fingerprint density at radius 2 is 1.52 bits per heavy atom. The van der Waals surface area contributed by atoms with Crippen LogP contribution in [0.1, 0.15) is 45.5 Å². The lowest BCUT2D eigenvalue weighted by atomic mass is 9.95. The zero-order chi connectivity index (χ0) is 19.4. The number of hydrogen-bond acceptors (Lipinski definition) is 2. The third kappa shape index (κ3) is 4.32. The Bertz CT molecular complexity index is 977. The fourth-order valence-corrected chi connectivity index (χ4v) is 3.05. The van der Waals surface area contributed by atoms with Gasteiger partial charge in [-0.15, -0.1) is 0 Å². The van der Waals surface area contributed by atoms with E-state index in [1.807, 2.05) is 75.4 Å². The molecule has 27 heavy (non-hydrogen) atoms. The van der Waals surface area contributed by atoms with E-state index in [0.717, 1.165) is 22.4 Å². The third-order valence-corrected chi connectivity index (χ3v) is 4.72. The molecule has 1 N–H and O–H groups in total. The van der Waals surface area contributed by atoms with Gasteiger partial charge in [0.2, 0.25) is 5.91 Å². The summed E-state index contributed by atoms with van der Waals surface area (Å²) in [5.74, 6) is -0.500. The number of rotatable bonds is 5. The molecule has 0 saturated heterocycles. The van der Waals surface area contributed by atoms with Crippen LogP contribution >= 0.6 is 0 Å². The summed E-state index contributed by atoms with van der Waals surface area (Å²) >= 11 is 0. The number of nitrogens with one attached hydrogen (secondary N) is 1. The van der Waals surface area contributed by atoms with Gasteiger partial charge in [0.25, 0.3) is 0 Å². The van der Waals surface area contributed by atoms with Crippen molar-refractivity contribution < 1.29 is 9.59 Å².